The van der Waals surface area contributed by atoms with E-state index in [2.05, 4.69) is 10.0 Å². The van der Waals surface area contributed by atoms with Crippen LogP contribution in [0.25, 0.3) is 0 Å². The lowest BCUT2D eigenvalue weighted by Crippen LogP contribution is -2.49. The van der Waals surface area contributed by atoms with Crippen molar-refractivity contribution in [1.29, 1.82) is 0 Å². The molecule has 26 heavy (non-hydrogen) atoms. The molecule has 3 rings (SSSR count). The van der Waals surface area contributed by atoms with Crippen LogP contribution < -0.4 is 14.8 Å². The molecule has 0 atom stereocenters. The summed E-state index contributed by atoms with van der Waals surface area (Å²) in [6.07, 6.45) is 7.36. The Hall–Kier alpha value is -1.96. The Morgan fingerprint density at radius 3 is 2.35 bits per heavy atom. The van der Waals surface area contributed by atoms with Gasteiger partial charge in [0.25, 0.3) is 0 Å². The van der Waals surface area contributed by atoms with Gasteiger partial charge < -0.3 is 15.0 Å². The molecule has 2 aliphatic rings. The fourth-order valence-corrected chi connectivity index (χ4v) is 4.20. The maximum absolute atomic E-state index is 12.2. The second kappa shape index (κ2) is 7.73. The minimum atomic E-state index is -3.28. The second-order valence-corrected chi connectivity index (χ2v) is 9.07. The Labute approximate surface area is 155 Å². The molecule has 1 aliphatic carbocycles. The van der Waals surface area contributed by atoms with E-state index < -0.39 is 10.0 Å². The third kappa shape index (κ3) is 5.03. The quantitative estimate of drug-likeness (QED) is 0.741. The maximum atomic E-state index is 12.2. The van der Waals surface area contributed by atoms with Crippen molar-refractivity contribution in [1.82, 2.24) is 10.2 Å². The van der Waals surface area contributed by atoms with Crippen molar-refractivity contribution in [2.45, 2.75) is 32.1 Å². The van der Waals surface area contributed by atoms with Gasteiger partial charge >= 0.3 is 6.03 Å². The number of carbonyl (C=O) groups is 1. The van der Waals surface area contributed by atoms with Crippen molar-refractivity contribution in [3.05, 3.63) is 24.3 Å². The highest BCUT2D eigenvalue weighted by Crippen LogP contribution is 2.48. The SMILES string of the molecule is CS(=O)(=O)Nc1ccc(OCCNC(=O)N2CCC3(CCC3)CC2)cc1. The van der Waals surface area contributed by atoms with Crippen LogP contribution in [0.3, 0.4) is 0 Å². The predicted octanol–water partition coefficient (Wildman–Crippen LogP) is 2.41. The molecule has 0 unspecified atom stereocenters. The lowest BCUT2D eigenvalue weighted by Gasteiger charge is -2.47. The minimum Gasteiger partial charge on any atom is -0.492 e. The summed E-state index contributed by atoms with van der Waals surface area (Å²) in [5, 5.41) is 2.90. The average Bonchev–Trinajstić information content (AvgIpc) is 2.57. The number of anilines is 1. The maximum Gasteiger partial charge on any atom is 0.317 e. The van der Waals surface area contributed by atoms with Crippen molar-refractivity contribution in [2.75, 3.05) is 37.2 Å². The van der Waals surface area contributed by atoms with Gasteiger partial charge in [0.15, 0.2) is 0 Å². The van der Waals surface area contributed by atoms with E-state index in [9.17, 15) is 13.2 Å². The van der Waals surface area contributed by atoms with E-state index in [0.29, 0.717) is 30.0 Å². The molecule has 1 saturated carbocycles. The van der Waals surface area contributed by atoms with Gasteiger partial charge in [-0.3, -0.25) is 4.72 Å². The fourth-order valence-electron chi connectivity index (χ4n) is 3.63. The first kappa shape index (κ1) is 18.8. The highest BCUT2D eigenvalue weighted by Gasteiger charge is 2.40. The molecule has 8 heteroatoms. The lowest BCUT2D eigenvalue weighted by atomic mass is 9.63. The molecule has 1 saturated heterocycles. The standard InChI is InChI=1S/C18H27N3O4S/c1-26(23,24)20-15-3-5-16(6-4-15)25-14-11-19-17(22)21-12-9-18(10-13-21)7-2-8-18/h3-6,20H,2,7-14H2,1H3,(H,19,22). The van der Waals surface area contributed by atoms with Crippen LogP contribution in [0, 0.1) is 5.41 Å². The molecule has 2 amide bonds. The van der Waals surface area contributed by atoms with E-state index in [4.69, 9.17) is 4.74 Å². The summed E-state index contributed by atoms with van der Waals surface area (Å²) in [6, 6.07) is 6.64. The van der Waals surface area contributed by atoms with E-state index >= 15 is 0 Å². The van der Waals surface area contributed by atoms with E-state index in [1.807, 2.05) is 4.90 Å². The van der Waals surface area contributed by atoms with Gasteiger partial charge in [0.1, 0.15) is 12.4 Å². The van der Waals surface area contributed by atoms with Crippen LogP contribution in [0.15, 0.2) is 24.3 Å². The van der Waals surface area contributed by atoms with Crippen molar-refractivity contribution < 1.29 is 17.9 Å². The average molecular weight is 381 g/mol. The zero-order chi connectivity index (χ0) is 18.6. The van der Waals surface area contributed by atoms with Gasteiger partial charge in [0.2, 0.25) is 10.0 Å². The van der Waals surface area contributed by atoms with Gasteiger partial charge in [-0.1, -0.05) is 6.42 Å². The summed E-state index contributed by atoms with van der Waals surface area (Å²) in [4.78, 5) is 14.1. The number of ether oxygens (including phenoxy) is 1. The summed E-state index contributed by atoms with van der Waals surface area (Å²) in [6.45, 7) is 2.50. The highest BCUT2D eigenvalue weighted by atomic mass is 32.2. The molecule has 1 aromatic rings. The lowest BCUT2D eigenvalue weighted by molar-refractivity contribution is 0.0462. The number of nitrogens with one attached hydrogen (secondary N) is 2. The smallest absolute Gasteiger partial charge is 0.317 e. The van der Waals surface area contributed by atoms with Gasteiger partial charge in [-0.25, -0.2) is 13.2 Å². The number of likely N-dealkylation sites (tertiary alicyclic amines) is 1. The van der Waals surface area contributed by atoms with Crippen molar-refractivity contribution >= 4 is 21.7 Å². The van der Waals surface area contributed by atoms with Gasteiger partial charge in [0, 0.05) is 18.8 Å². The molecule has 144 valence electrons. The highest BCUT2D eigenvalue weighted by molar-refractivity contribution is 7.92. The molecular weight excluding hydrogens is 354 g/mol. The fraction of sp³-hybridized carbons (Fsp3) is 0.611. The molecule has 1 aromatic carbocycles. The molecule has 1 aliphatic heterocycles. The van der Waals surface area contributed by atoms with E-state index in [1.165, 1.54) is 19.3 Å². The van der Waals surface area contributed by atoms with Crippen LogP contribution in [0.5, 0.6) is 5.75 Å². The second-order valence-electron chi connectivity index (χ2n) is 7.32. The van der Waals surface area contributed by atoms with Crippen molar-refractivity contribution in [2.24, 2.45) is 5.41 Å². The van der Waals surface area contributed by atoms with E-state index in [-0.39, 0.29) is 6.03 Å². The van der Waals surface area contributed by atoms with E-state index in [0.717, 1.165) is 32.2 Å². The number of amides is 2. The van der Waals surface area contributed by atoms with Crippen LogP contribution in [0.2, 0.25) is 0 Å². The Morgan fingerprint density at radius 2 is 1.81 bits per heavy atom. The Balaban J connectivity index is 1.34. The normalized spacial score (nSPS) is 18.9. The van der Waals surface area contributed by atoms with Crippen LogP contribution in [0.4, 0.5) is 10.5 Å². The molecule has 1 spiro atoms. The first-order valence-corrected chi connectivity index (χ1v) is 11.0. The zero-order valence-electron chi connectivity index (χ0n) is 15.2. The number of hydrogen-bond acceptors (Lipinski definition) is 4. The van der Waals surface area contributed by atoms with Crippen LogP contribution in [0.1, 0.15) is 32.1 Å². The number of hydrogen-bond donors (Lipinski definition) is 2. The van der Waals surface area contributed by atoms with Crippen molar-refractivity contribution in [3.63, 3.8) is 0 Å². The zero-order valence-corrected chi connectivity index (χ0v) is 16.0. The van der Waals surface area contributed by atoms with Crippen LogP contribution in [-0.2, 0) is 10.0 Å². The Kier molecular flexibility index (Phi) is 5.60. The molecule has 1 heterocycles. The third-order valence-electron chi connectivity index (χ3n) is 5.33. The molecule has 0 aromatic heterocycles. The third-order valence-corrected chi connectivity index (χ3v) is 5.94. The largest absolute Gasteiger partial charge is 0.492 e. The Morgan fingerprint density at radius 1 is 1.15 bits per heavy atom. The molecular formula is C18H27N3O4S. The monoisotopic (exact) mass is 381 g/mol. The summed E-state index contributed by atoms with van der Waals surface area (Å²) in [7, 11) is -3.28. The molecule has 2 fully saturated rings. The number of benzene rings is 1. The number of rotatable bonds is 6. The molecule has 0 radical (unpaired) electrons. The number of nitrogens with zero attached hydrogens (tertiary/aromatic N) is 1. The summed E-state index contributed by atoms with van der Waals surface area (Å²) >= 11 is 0. The molecule has 7 nitrogen and oxygen atoms in total. The minimum absolute atomic E-state index is 0.0181. The number of carbonyl (C=O) groups excluding carboxylic acids is 1. The number of sulfonamides is 1. The van der Waals surface area contributed by atoms with Gasteiger partial charge in [0.05, 0.1) is 12.8 Å². The van der Waals surface area contributed by atoms with Gasteiger partial charge in [-0.05, 0) is 55.4 Å². The van der Waals surface area contributed by atoms with Gasteiger partial charge in [-0.15, -0.1) is 0 Å². The van der Waals surface area contributed by atoms with Gasteiger partial charge in [-0.2, -0.15) is 0 Å². The topological polar surface area (TPSA) is 87.7 Å². The summed E-state index contributed by atoms with van der Waals surface area (Å²) in [5.74, 6) is 0.628. The summed E-state index contributed by atoms with van der Waals surface area (Å²) < 4.78 is 30.3. The number of urea groups is 1. The summed E-state index contributed by atoms with van der Waals surface area (Å²) in [5.41, 5.74) is 1.03. The van der Waals surface area contributed by atoms with Crippen LogP contribution >= 0.6 is 0 Å². The van der Waals surface area contributed by atoms with E-state index in [1.54, 1.807) is 24.3 Å². The Bertz CT molecular complexity index is 719. The molecule has 0 bridgehead atoms. The number of piperidine rings is 1. The van der Waals surface area contributed by atoms with Crippen molar-refractivity contribution in [3.8, 4) is 5.75 Å². The predicted molar refractivity (Wildman–Crippen MR) is 101 cm³/mol. The van der Waals surface area contributed by atoms with Crippen LogP contribution in [-0.4, -0.2) is 51.8 Å². The first-order chi connectivity index (χ1) is 12.4. The molecule has 2 N–H and O–H groups in total. The first-order valence-electron chi connectivity index (χ1n) is 9.09.